The highest BCUT2D eigenvalue weighted by Gasteiger charge is 2.32. The number of carbonyl (C=O) groups excluding carboxylic acids is 1. The molecule has 2 aliphatic rings. The number of sulfonamides is 1. The van der Waals surface area contributed by atoms with Crippen molar-refractivity contribution in [2.24, 2.45) is 5.92 Å². The van der Waals surface area contributed by atoms with Crippen LogP contribution in [0.15, 0.2) is 20.1 Å². The van der Waals surface area contributed by atoms with Gasteiger partial charge < -0.3 is 10.2 Å². The third-order valence-electron chi connectivity index (χ3n) is 5.12. The normalized spacial score (nSPS) is 20.5. The minimum absolute atomic E-state index is 0.0716. The fourth-order valence-corrected chi connectivity index (χ4v) is 7.22. The molecule has 26 heavy (non-hydrogen) atoms. The maximum absolute atomic E-state index is 12.6. The number of rotatable bonds is 7. The second-order valence-corrected chi connectivity index (χ2v) is 11.6. The van der Waals surface area contributed by atoms with Crippen LogP contribution in [0.1, 0.15) is 32.1 Å². The zero-order valence-electron chi connectivity index (χ0n) is 14.8. The maximum Gasteiger partial charge on any atom is 0.252 e. The van der Waals surface area contributed by atoms with Crippen molar-refractivity contribution in [3.63, 3.8) is 0 Å². The molecule has 0 bridgehead atoms. The number of thiophene rings is 1. The highest BCUT2D eigenvalue weighted by atomic mass is 79.9. The number of halogens is 1. The maximum atomic E-state index is 12.6. The van der Waals surface area contributed by atoms with Crippen LogP contribution in [-0.2, 0) is 14.8 Å². The van der Waals surface area contributed by atoms with Crippen molar-refractivity contribution in [1.29, 1.82) is 0 Å². The number of hydrogen-bond acceptors (Lipinski definition) is 5. The predicted molar refractivity (Wildman–Crippen MR) is 107 cm³/mol. The van der Waals surface area contributed by atoms with Gasteiger partial charge in [-0.3, -0.25) is 4.79 Å². The minimum atomic E-state index is -3.44. The van der Waals surface area contributed by atoms with E-state index in [9.17, 15) is 13.2 Å². The lowest BCUT2D eigenvalue weighted by Gasteiger charge is -2.30. The Morgan fingerprint density at radius 1 is 1.19 bits per heavy atom. The van der Waals surface area contributed by atoms with Gasteiger partial charge >= 0.3 is 0 Å². The van der Waals surface area contributed by atoms with Gasteiger partial charge in [-0.2, -0.15) is 4.31 Å². The molecule has 0 saturated carbocycles. The van der Waals surface area contributed by atoms with Gasteiger partial charge in [0.1, 0.15) is 4.21 Å². The van der Waals surface area contributed by atoms with Crippen LogP contribution in [0.3, 0.4) is 0 Å². The lowest BCUT2D eigenvalue weighted by atomic mass is 9.97. The van der Waals surface area contributed by atoms with Crippen LogP contribution < -0.4 is 5.32 Å². The summed E-state index contributed by atoms with van der Waals surface area (Å²) in [6, 6.07) is 3.38. The third-order valence-corrected chi connectivity index (χ3v) is 9.11. The standard InChI is InChI=1S/C17H26BrN3O3S2/c18-15-4-5-16(25-15)26(23,24)21-12-6-14(7-13-21)17(22)19-8-3-11-20-9-1-2-10-20/h4-5,14H,1-3,6-13H2,(H,19,22). The molecule has 0 unspecified atom stereocenters. The summed E-state index contributed by atoms with van der Waals surface area (Å²) in [6.45, 7) is 4.93. The van der Waals surface area contributed by atoms with E-state index in [1.54, 1.807) is 12.1 Å². The number of carbonyl (C=O) groups is 1. The number of nitrogens with one attached hydrogen (secondary N) is 1. The minimum Gasteiger partial charge on any atom is -0.356 e. The molecule has 146 valence electrons. The van der Waals surface area contributed by atoms with E-state index in [-0.39, 0.29) is 11.8 Å². The fraction of sp³-hybridized carbons (Fsp3) is 0.706. The van der Waals surface area contributed by atoms with Gasteiger partial charge in [0.25, 0.3) is 10.0 Å². The Labute approximate surface area is 168 Å². The molecule has 2 fully saturated rings. The Morgan fingerprint density at radius 3 is 2.50 bits per heavy atom. The average molecular weight is 464 g/mol. The van der Waals surface area contributed by atoms with Gasteiger partial charge in [-0.25, -0.2) is 8.42 Å². The van der Waals surface area contributed by atoms with E-state index in [2.05, 4.69) is 26.1 Å². The number of amides is 1. The van der Waals surface area contributed by atoms with Crippen LogP contribution in [0.4, 0.5) is 0 Å². The van der Waals surface area contributed by atoms with E-state index in [0.717, 1.165) is 16.8 Å². The van der Waals surface area contributed by atoms with Crippen molar-refractivity contribution in [1.82, 2.24) is 14.5 Å². The Morgan fingerprint density at radius 2 is 1.88 bits per heavy atom. The van der Waals surface area contributed by atoms with E-state index < -0.39 is 10.0 Å². The summed E-state index contributed by atoms with van der Waals surface area (Å²) in [5.41, 5.74) is 0. The Hall–Kier alpha value is -0.480. The second-order valence-electron chi connectivity index (χ2n) is 6.93. The summed E-state index contributed by atoms with van der Waals surface area (Å²) < 4.78 is 27.9. The molecular formula is C17H26BrN3O3S2. The van der Waals surface area contributed by atoms with Gasteiger partial charge in [-0.05, 0) is 79.8 Å². The number of hydrogen-bond donors (Lipinski definition) is 1. The Balaban J connectivity index is 1.40. The van der Waals surface area contributed by atoms with E-state index in [4.69, 9.17) is 0 Å². The summed E-state index contributed by atoms with van der Waals surface area (Å²) in [7, 11) is -3.44. The molecule has 2 aliphatic heterocycles. The largest absolute Gasteiger partial charge is 0.356 e. The predicted octanol–water partition coefficient (Wildman–Crippen LogP) is 2.51. The van der Waals surface area contributed by atoms with Crippen molar-refractivity contribution in [2.75, 3.05) is 39.3 Å². The second kappa shape index (κ2) is 9.14. The van der Waals surface area contributed by atoms with Crippen molar-refractivity contribution in [3.8, 4) is 0 Å². The number of piperidine rings is 1. The summed E-state index contributed by atoms with van der Waals surface area (Å²) in [5.74, 6) is -0.00866. The van der Waals surface area contributed by atoms with Gasteiger partial charge in [-0.15, -0.1) is 11.3 Å². The fourth-order valence-electron chi connectivity index (χ4n) is 3.59. The van der Waals surface area contributed by atoms with Gasteiger partial charge in [0.05, 0.1) is 3.79 Å². The Bertz CT molecular complexity index is 709. The highest BCUT2D eigenvalue weighted by Crippen LogP contribution is 2.30. The monoisotopic (exact) mass is 463 g/mol. The molecule has 6 nitrogen and oxygen atoms in total. The first kappa shape index (κ1) is 20.3. The van der Waals surface area contributed by atoms with Gasteiger partial charge in [0.15, 0.2) is 0 Å². The molecule has 0 atom stereocenters. The molecule has 0 radical (unpaired) electrons. The third kappa shape index (κ3) is 5.07. The zero-order chi connectivity index (χ0) is 18.6. The Kier molecular flexibility index (Phi) is 7.12. The van der Waals surface area contributed by atoms with Crippen molar-refractivity contribution < 1.29 is 13.2 Å². The van der Waals surface area contributed by atoms with Crippen LogP contribution in [0, 0.1) is 5.92 Å². The quantitative estimate of drug-likeness (QED) is 0.630. The van der Waals surface area contributed by atoms with Crippen molar-refractivity contribution >= 4 is 43.2 Å². The van der Waals surface area contributed by atoms with Crippen molar-refractivity contribution in [2.45, 2.75) is 36.3 Å². The van der Waals surface area contributed by atoms with E-state index in [1.165, 1.54) is 41.6 Å². The molecule has 1 aromatic heterocycles. The van der Waals surface area contributed by atoms with Crippen LogP contribution in [0.25, 0.3) is 0 Å². The molecular weight excluding hydrogens is 438 g/mol. The molecule has 3 heterocycles. The number of nitrogens with zero attached hydrogens (tertiary/aromatic N) is 2. The van der Waals surface area contributed by atoms with E-state index in [0.29, 0.717) is 36.7 Å². The summed E-state index contributed by atoms with van der Waals surface area (Å²) in [4.78, 5) is 14.8. The SMILES string of the molecule is O=C(NCCCN1CCCC1)C1CCN(S(=O)(=O)c2ccc(Br)s2)CC1. The van der Waals surface area contributed by atoms with Crippen LogP contribution in [0.2, 0.25) is 0 Å². The molecule has 1 amide bonds. The van der Waals surface area contributed by atoms with Crippen molar-refractivity contribution in [3.05, 3.63) is 15.9 Å². The summed E-state index contributed by atoms with van der Waals surface area (Å²) in [5, 5.41) is 3.03. The number of likely N-dealkylation sites (tertiary alicyclic amines) is 1. The van der Waals surface area contributed by atoms with Gasteiger partial charge in [0, 0.05) is 25.6 Å². The highest BCUT2D eigenvalue weighted by molar-refractivity contribution is 9.11. The summed E-state index contributed by atoms with van der Waals surface area (Å²) in [6.07, 6.45) is 4.73. The molecule has 3 rings (SSSR count). The molecule has 1 N–H and O–H groups in total. The topological polar surface area (TPSA) is 69.7 Å². The molecule has 0 spiro atoms. The average Bonchev–Trinajstić information content (AvgIpc) is 3.30. The molecule has 2 saturated heterocycles. The van der Waals surface area contributed by atoms with E-state index in [1.807, 2.05) is 0 Å². The zero-order valence-corrected chi connectivity index (χ0v) is 18.0. The smallest absolute Gasteiger partial charge is 0.252 e. The first-order valence-corrected chi connectivity index (χ1v) is 12.3. The van der Waals surface area contributed by atoms with Gasteiger partial charge in [-0.1, -0.05) is 0 Å². The van der Waals surface area contributed by atoms with Gasteiger partial charge in [0.2, 0.25) is 5.91 Å². The summed E-state index contributed by atoms with van der Waals surface area (Å²) >= 11 is 4.53. The first-order chi connectivity index (χ1) is 12.5. The van der Waals surface area contributed by atoms with E-state index >= 15 is 0 Å². The molecule has 0 aliphatic carbocycles. The molecule has 0 aromatic carbocycles. The lowest BCUT2D eigenvalue weighted by molar-refractivity contribution is -0.126. The molecule has 1 aromatic rings. The van der Waals surface area contributed by atoms with Crippen LogP contribution >= 0.6 is 27.3 Å². The molecule has 9 heteroatoms. The van der Waals surface area contributed by atoms with Crippen LogP contribution in [-0.4, -0.2) is 62.8 Å². The lowest BCUT2D eigenvalue weighted by Crippen LogP contribution is -2.43. The first-order valence-electron chi connectivity index (χ1n) is 9.22. The van der Waals surface area contributed by atoms with Crippen LogP contribution in [0.5, 0.6) is 0 Å².